The van der Waals surface area contributed by atoms with Crippen molar-refractivity contribution in [2.75, 3.05) is 11.9 Å². The number of carbonyl (C=O) groups excluding carboxylic acids is 3. The van der Waals surface area contributed by atoms with Gasteiger partial charge in [0.05, 0.1) is 16.8 Å². The SMILES string of the molecule is CC(C)C(C(=O)Nc1ccc2c(c1F)CCNC2)N1C(=O)c2ccccc2C1=O.Cl. The molecule has 2 aliphatic rings. The topological polar surface area (TPSA) is 78.5 Å². The summed E-state index contributed by atoms with van der Waals surface area (Å²) in [5, 5.41) is 5.79. The molecule has 1 unspecified atom stereocenters. The lowest BCUT2D eigenvalue weighted by Gasteiger charge is -2.28. The standard InChI is InChI=1S/C22H22FN3O3.ClH/c1-12(2)19(26-21(28)15-5-3-4-6-16(15)22(26)29)20(27)25-17-8-7-13-11-24-10-9-14(13)18(17)23;/h3-8,12,19,24H,9-11H2,1-2H3,(H,25,27);1H. The Hall–Kier alpha value is -2.77. The molecule has 0 aliphatic carbocycles. The molecular weight excluding hydrogens is 409 g/mol. The molecule has 2 heterocycles. The van der Waals surface area contributed by atoms with Crippen molar-refractivity contribution >= 4 is 35.8 Å². The van der Waals surface area contributed by atoms with Gasteiger partial charge in [-0.3, -0.25) is 19.3 Å². The van der Waals surface area contributed by atoms with Gasteiger partial charge >= 0.3 is 0 Å². The summed E-state index contributed by atoms with van der Waals surface area (Å²) in [6, 6.07) is 8.76. The van der Waals surface area contributed by atoms with Crippen LogP contribution in [0.3, 0.4) is 0 Å². The van der Waals surface area contributed by atoms with Crippen LogP contribution < -0.4 is 10.6 Å². The number of rotatable bonds is 4. The van der Waals surface area contributed by atoms with Gasteiger partial charge in [-0.2, -0.15) is 0 Å². The highest BCUT2D eigenvalue weighted by Crippen LogP contribution is 2.29. The predicted octanol–water partition coefficient (Wildman–Crippen LogP) is 3.15. The van der Waals surface area contributed by atoms with Gasteiger partial charge in [0.2, 0.25) is 5.91 Å². The summed E-state index contributed by atoms with van der Waals surface area (Å²) >= 11 is 0. The highest BCUT2D eigenvalue weighted by Gasteiger charge is 2.44. The lowest BCUT2D eigenvalue weighted by Crippen LogP contribution is -2.50. The van der Waals surface area contributed by atoms with Gasteiger partial charge in [-0.05, 0) is 48.2 Å². The van der Waals surface area contributed by atoms with Crippen molar-refractivity contribution < 1.29 is 18.8 Å². The van der Waals surface area contributed by atoms with Gasteiger partial charge in [-0.25, -0.2) is 4.39 Å². The van der Waals surface area contributed by atoms with Crippen LogP contribution in [0.5, 0.6) is 0 Å². The highest BCUT2D eigenvalue weighted by atomic mass is 35.5. The highest BCUT2D eigenvalue weighted by molar-refractivity contribution is 6.23. The molecule has 0 aromatic heterocycles. The van der Waals surface area contributed by atoms with Crippen LogP contribution in [-0.4, -0.2) is 35.2 Å². The Bertz CT molecular complexity index is 990. The third kappa shape index (κ3) is 3.59. The van der Waals surface area contributed by atoms with E-state index in [1.807, 2.05) is 0 Å². The lowest BCUT2D eigenvalue weighted by atomic mass is 9.98. The second-order valence-corrected chi connectivity index (χ2v) is 7.70. The summed E-state index contributed by atoms with van der Waals surface area (Å²) in [7, 11) is 0. The number of hydrogen-bond acceptors (Lipinski definition) is 4. The second-order valence-electron chi connectivity index (χ2n) is 7.70. The Morgan fingerprint density at radius 3 is 2.33 bits per heavy atom. The fraction of sp³-hybridized carbons (Fsp3) is 0.318. The van der Waals surface area contributed by atoms with Crippen LogP contribution in [0.2, 0.25) is 0 Å². The van der Waals surface area contributed by atoms with Crippen LogP contribution in [0.15, 0.2) is 36.4 Å². The van der Waals surface area contributed by atoms with Gasteiger partial charge in [0, 0.05) is 6.54 Å². The van der Waals surface area contributed by atoms with E-state index in [0.29, 0.717) is 25.1 Å². The number of imide groups is 1. The first kappa shape index (κ1) is 21.9. The molecule has 0 saturated heterocycles. The number of hydrogen-bond donors (Lipinski definition) is 2. The molecule has 2 aromatic carbocycles. The number of nitrogens with one attached hydrogen (secondary N) is 2. The van der Waals surface area contributed by atoms with Crippen LogP contribution in [0.4, 0.5) is 10.1 Å². The largest absolute Gasteiger partial charge is 0.322 e. The molecule has 2 aromatic rings. The van der Waals surface area contributed by atoms with E-state index in [4.69, 9.17) is 0 Å². The summed E-state index contributed by atoms with van der Waals surface area (Å²) < 4.78 is 14.9. The van der Waals surface area contributed by atoms with E-state index in [0.717, 1.165) is 10.5 Å². The molecule has 0 saturated carbocycles. The maximum atomic E-state index is 14.9. The molecule has 2 aliphatic heterocycles. The van der Waals surface area contributed by atoms with Gasteiger partial charge in [0.1, 0.15) is 11.9 Å². The van der Waals surface area contributed by atoms with Gasteiger partial charge in [0.25, 0.3) is 11.8 Å². The Balaban J connectivity index is 0.00000256. The third-order valence-corrected chi connectivity index (χ3v) is 5.47. The number of amides is 3. The number of fused-ring (bicyclic) bond motifs is 2. The van der Waals surface area contributed by atoms with Crippen molar-refractivity contribution in [1.82, 2.24) is 10.2 Å². The first-order valence-corrected chi connectivity index (χ1v) is 9.69. The lowest BCUT2D eigenvalue weighted by molar-refractivity contribution is -0.121. The zero-order valence-corrected chi connectivity index (χ0v) is 17.5. The molecule has 0 spiro atoms. The normalized spacial score (nSPS) is 16.1. The molecule has 158 valence electrons. The van der Waals surface area contributed by atoms with E-state index in [9.17, 15) is 18.8 Å². The molecule has 8 heteroatoms. The summed E-state index contributed by atoms with van der Waals surface area (Å²) in [4.78, 5) is 39.7. The molecule has 6 nitrogen and oxygen atoms in total. The molecule has 30 heavy (non-hydrogen) atoms. The minimum absolute atomic E-state index is 0. The number of carbonyl (C=O) groups is 3. The zero-order chi connectivity index (χ0) is 20.7. The van der Waals surface area contributed by atoms with E-state index >= 15 is 0 Å². The maximum absolute atomic E-state index is 14.9. The number of benzene rings is 2. The van der Waals surface area contributed by atoms with Crippen molar-refractivity contribution in [2.24, 2.45) is 5.92 Å². The molecule has 0 radical (unpaired) electrons. The quantitative estimate of drug-likeness (QED) is 0.729. The predicted molar refractivity (Wildman–Crippen MR) is 113 cm³/mol. The Kier molecular flexibility index (Phi) is 6.24. The van der Waals surface area contributed by atoms with Crippen molar-refractivity contribution in [2.45, 2.75) is 32.9 Å². The average molecular weight is 432 g/mol. The van der Waals surface area contributed by atoms with Gasteiger partial charge in [-0.15, -0.1) is 12.4 Å². The Morgan fingerprint density at radius 1 is 1.10 bits per heavy atom. The summed E-state index contributed by atoms with van der Waals surface area (Å²) in [6.45, 7) is 4.76. The van der Waals surface area contributed by atoms with E-state index in [-0.39, 0.29) is 35.1 Å². The molecule has 1 atom stereocenters. The van der Waals surface area contributed by atoms with Gasteiger partial charge in [-0.1, -0.05) is 32.0 Å². The minimum Gasteiger partial charge on any atom is -0.322 e. The zero-order valence-electron chi connectivity index (χ0n) is 16.7. The van der Waals surface area contributed by atoms with E-state index in [1.165, 1.54) is 6.07 Å². The van der Waals surface area contributed by atoms with Crippen LogP contribution in [-0.2, 0) is 17.8 Å². The number of nitrogens with zero attached hydrogens (tertiary/aromatic N) is 1. The average Bonchev–Trinajstić information content (AvgIpc) is 2.96. The number of halogens is 2. The van der Waals surface area contributed by atoms with Gasteiger partial charge < -0.3 is 10.6 Å². The van der Waals surface area contributed by atoms with Crippen LogP contribution >= 0.6 is 12.4 Å². The molecule has 0 bridgehead atoms. The molecule has 3 amide bonds. The maximum Gasteiger partial charge on any atom is 0.262 e. The molecular formula is C22H23ClFN3O3. The molecule has 0 fully saturated rings. The Labute approximate surface area is 180 Å². The van der Waals surface area contributed by atoms with Crippen LogP contribution in [0, 0.1) is 11.7 Å². The summed E-state index contributed by atoms with van der Waals surface area (Å²) in [5.41, 5.74) is 2.08. The second kappa shape index (κ2) is 8.53. The van der Waals surface area contributed by atoms with Crippen LogP contribution in [0.25, 0.3) is 0 Å². The Morgan fingerprint density at radius 2 is 1.73 bits per heavy atom. The smallest absolute Gasteiger partial charge is 0.262 e. The van der Waals surface area contributed by atoms with E-state index in [2.05, 4.69) is 10.6 Å². The van der Waals surface area contributed by atoms with E-state index in [1.54, 1.807) is 44.2 Å². The third-order valence-electron chi connectivity index (χ3n) is 5.47. The first-order chi connectivity index (χ1) is 13.9. The van der Waals surface area contributed by atoms with Gasteiger partial charge in [0.15, 0.2) is 0 Å². The molecule has 4 rings (SSSR count). The van der Waals surface area contributed by atoms with Crippen molar-refractivity contribution in [3.05, 3.63) is 64.5 Å². The fourth-order valence-electron chi connectivity index (χ4n) is 4.02. The first-order valence-electron chi connectivity index (χ1n) is 9.69. The van der Waals surface area contributed by atoms with Crippen molar-refractivity contribution in [3.8, 4) is 0 Å². The van der Waals surface area contributed by atoms with E-state index < -0.39 is 29.6 Å². The van der Waals surface area contributed by atoms with Crippen molar-refractivity contribution in [3.63, 3.8) is 0 Å². The minimum atomic E-state index is -1.04. The summed E-state index contributed by atoms with van der Waals surface area (Å²) in [6.07, 6.45) is 0.539. The number of anilines is 1. The fourth-order valence-corrected chi connectivity index (χ4v) is 4.02. The molecule has 2 N–H and O–H groups in total. The summed E-state index contributed by atoms with van der Waals surface area (Å²) in [5.74, 6) is -2.39. The van der Waals surface area contributed by atoms with Crippen molar-refractivity contribution in [1.29, 1.82) is 0 Å². The van der Waals surface area contributed by atoms with Crippen LogP contribution in [0.1, 0.15) is 45.7 Å². The monoisotopic (exact) mass is 431 g/mol.